The van der Waals surface area contributed by atoms with Crippen molar-refractivity contribution in [3.05, 3.63) is 71.8 Å². The Labute approximate surface area is 164 Å². The van der Waals surface area contributed by atoms with Gasteiger partial charge in [-0.15, -0.1) is 0 Å². The molecule has 1 heterocycles. The number of rotatable bonds is 2. The molecule has 0 radical (unpaired) electrons. The van der Waals surface area contributed by atoms with Crippen molar-refractivity contribution in [2.45, 2.75) is 53.9 Å². The zero-order valence-electron chi connectivity index (χ0n) is 15.5. The molecule has 3 heteroatoms. The first kappa shape index (κ1) is 16.9. The van der Waals surface area contributed by atoms with E-state index in [0.29, 0.717) is 6.42 Å². The average Bonchev–Trinajstić information content (AvgIpc) is 2.68. The summed E-state index contributed by atoms with van der Waals surface area (Å²) in [7, 11) is 0. The number of hydrogen-bond acceptors (Lipinski definition) is 2. The smallest absolute Gasteiger partial charge is 0.220 e. The quantitative estimate of drug-likeness (QED) is 0.645. The molecule has 1 amide bonds. The molecule has 27 heavy (non-hydrogen) atoms. The third-order valence-electron chi connectivity index (χ3n) is 6.33. The van der Waals surface area contributed by atoms with Gasteiger partial charge >= 0.3 is 0 Å². The number of piperidine rings is 1. The molecular formula is C24H23NOS. The molecule has 1 N–H and O–H groups in total. The van der Waals surface area contributed by atoms with Crippen LogP contribution in [0.25, 0.3) is 10.8 Å². The van der Waals surface area contributed by atoms with Crippen LogP contribution in [-0.4, -0.2) is 11.9 Å². The number of benzene rings is 3. The summed E-state index contributed by atoms with van der Waals surface area (Å²) in [5.74, 6) is 0.212. The third kappa shape index (κ3) is 2.94. The van der Waals surface area contributed by atoms with E-state index in [2.05, 4.69) is 72.9 Å². The summed E-state index contributed by atoms with van der Waals surface area (Å²) in [4.78, 5) is 14.4. The third-order valence-corrected chi connectivity index (χ3v) is 7.31. The lowest BCUT2D eigenvalue weighted by Gasteiger charge is -2.46. The molecule has 3 aromatic rings. The van der Waals surface area contributed by atoms with Crippen molar-refractivity contribution in [3.63, 3.8) is 0 Å². The van der Waals surface area contributed by atoms with E-state index < -0.39 is 0 Å². The highest BCUT2D eigenvalue weighted by Gasteiger charge is 2.43. The van der Waals surface area contributed by atoms with Crippen LogP contribution in [0.1, 0.15) is 37.3 Å². The van der Waals surface area contributed by atoms with Gasteiger partial charge in [0.15, 0.2) is 0 Å². The van der Waals surface area contributed by atoms with Crippen molar-refractivity contribution in [1.29, 1.82) is 0 Å². The van der Waals surface area contributed by atoms with Crippen LogP contribution in [0.3, 0.4) is 0 Å². The van der Waals surface area contributed by atoms with Gasteiger partial charge in [-0.1, -0.05) is 55.1 Å². The summed E-state index contributed by atoms with van der Waals surface area (Å²) in [6.07, 6.45) is 3.68. The van der Waals surface area contributed by atoms with Crippen LogP contribution in [0.15, 0.2) is 70.5 Å². The van der Waals surface area contributed by atoms with Crippen LogP contribution in [0.2, 0.25) is 0 Å². The second-order valence-electron chi connectivity index (χ2n) is 8.01. The topological polar surface area (TPSA) is 29.1 Å². The van der Waals surface area contributed by atoms with Crippen LogP contribution in [0.5, 0.6) is 0 Å². The number of carbonyl (C=O) groups is 1. The molecule has 1 saturated heterocycles. The van der Waals surface area contributed by atoms with Gasteiger partial charge < -0.3 is 5.32 Å². The van der Waals surface area contributed by atoms with E-state index >= 15 is 0 Å². The van der Waals surface area contributed by atoms with Crippen LogP contribution in [0.4, 0.5) is 0 Å². The lowest BCUT2D eigenvalue weighted by molar-refractivity contribution is -0.125. The van der Waals surface area contributed by atoms with Crippen molar-refractivity contribution in [2.24, 2.45) is 0 Å². The Bertz CT molecular complexity index is 1040. The molecule has 5 rings (SSSR count). The van der Waals surface area contributed by atoms with E-state index in [-0.39, 0.29) is 17.4 Å². The Balaban J connectivity index is 1.45. The van der Waals surface area contributed by atoms with Crippen LogP contribution >= 0.6 is 11.8 Å². The van der Waals surface area contributed by atoms with E-state index in [1.807, 2.05) is 11.8 Å². The average molecular weight is 374 g/mol. The lowest BCUT2D eigenvalue weighted by atomic mass is 9.64. The molecule has 0 saturated carbocycles. The first-order chi connectivity index (χ1) is 13.1. The minimum absolute atomic E-state index is 0.0770. The number of aryl methyl sites for hydroxylation is 1. The molecule has 0 bridgehead atoms. The maximum atomic E-state index is 11.8. The molecule has 3 aromatic carbocycles. The van der Waals surface area contributed by atoms with Crippen molar-refractivity contribution >= 4 is 28.4 Å². The second-order valence-corrected chi connectivity index (χ2v) is 9.15. The summed E-state index contributed by atoms with van der Waals surface area (Å²) in [6, 6.07) is 22.4. The van der Waals surface area contributed by atoms with E-state index in [4.69, 9.17) is 0 Å². The molecule has 1 aliphatic heterocycles. The van der Waals surface area contributed by atoms with Gasteiger partial charge in [-0.05, 0) is 65.4 Å². The molecular weight excluding hydrogens is 350 g/mol. The largest absolute Gasteiger partial charge is 0.352 e. The van der Waals surface area contributed by atoms with E-state index in [1.165, 1.54) is 31.7 Å². The fraction of sp³-hybridized carbons (Fsp3) is 0.292. The summed E-state index contributed by atoms with van der Waals surface area (Å²) < 4.78 is 0. The van der Waals surface area contributed by atoms with Crippen molar-refractivity contribution in [1.82, 2.24) is 5.32 Å². The Kier molecular flexibility index (Phi) is 4.01. The van der Waals surface area contributed by atoms with E-state index in [9.17, 15) is 4.79 Å². The standard InChI is InChI=1S/C24H23NOS/c1-24-13-12-23(26)25-22(24)11-7-18-15-20(9-10-21(18)24)27-19-8-6-16-4-2-3-5-17(16)14-19/h2-6,8-10,14-15,22H,7,11-13H2,1H3,(H,25,26)/t22-,24-/m1/s1. The monoisotopic (exact) mass is 373 g/mol. The lowest BCUT2D eigenvalue weighted by Crippen LogP contribution is -2.55. The summed E-state index contributed by atoms with van der Waals surface area (Å²) in [5.41, 5.74) is 2.96. The fourth-order valence-electron chi connectivity index (χ4n) is 4.75. The first-order valence-electron chi connectivity index (χ1n) is 9.71. The Hall–Kier alpha value is -2.26. The predicted molar refractivity (Wildman–Crippen MR) is 111 cm³/mol. The molecule has 2 nitrogen and oxygen atoms in total. The van der Waals surface area contributed by atoms with Gasteiger partial charge in [-0.3, -0.25) is 4.79 Å². The van der Waals surface area contributed by atoms with Crippen molar-refractivity contribution in [2.75, 3.05) is 0 Å². The minimum Gasteiger partial charge on any atom is -0.352 e. The zero-order chi connectivity index (χ0) is 18.4. The summed E-state index contributed by atoms with van der Waals surface area (Å²) in [5, 5.41) is 5.80. The number of nitrogens with one attached hydrogen (secondary N) is 1. The summed E-state index contributed by atoms with van der Waals surface area (Å²) >= 11 is 1.83. The van der Waals surface area contributed by atoms with E-state index in [1.54, 1.807) is 0 Å². The van der Waals surface area contributed by atoms with Crippen molar-refractivity contribution < 1.29 is 4.79 Å². The predicted octanol–water partition coefficient (Wildman–Crippen LogP) is 5.47. The maximum Gasteiger partial charge on any atom is 0.220 e. The SMILES string of the molecule is C[C@]12CCC(=O)N[C@@H]1CCc1cc(Sc3ccc4ccccc4c3)ccc12. The highest BCUT2D eigenvalue weighted by Crippen LogP contribution is 2.44. The normalized spacial score (nSPS) is 24.2. The molecule has 1 fully saturated rings. The van der Waals surface area contributed by atoms with Gasteiger partial charge in [0.05, 0.1) is 0 Å². The van der Waals surface area contributed by atoms with Gasteiger partial charge in [0.25, 0.3) is 0 Å². The Morgan fingerprint density at radius 3 is 2.63 bits per heavy atom. The molecule has 1 aliphatic carbocycles. The van der Waals surface area contributed by atoms with Crippen LogP contribution in [-0.2, 0) is 16.6 Å². The maximum absolute atomic E-state index is 11.8. The van der Waals surface area contributed by atoms with E-state index in [0.717, 1.165) is 19.3 Å². The van der Waals surface area contributed by atoms with Gasteiger partial charge in [-0.25, -0.2) is 0 Å². The molecule has 2 atom stereocenters. The van der Waals surface area contributed by atoms with Gasteiger partial charge in [0, 0.05) is 27.7 Å². The number of carbonyl (C=O) groups excluding carboxylic acids is 1. The van der Waals surface area contributed by atoms with Crippen molar-refractivity contribution in [3.8, 4) is 0 Å². The molecule has 136 valence electrons. The molecule has 0 spiro atoms. The van der Waals surface area contributed by atoms with Gasteiger partial charge in [-0.2, -0.15) is 0 Å². The van der Waals surface area contributed by atoms with Gasteiger partial charge in [0.2, 0.25) is 5.91 Å². The summed E-state index contributed by atoms with van der Waals surface area (Å²) in [6.45, 7) is 2.32. The molecule has 0 unspecified atom stereocenters. The fourth-order valence-corrected chi connectivity index (χ4v) is 5.68. The second kappa shape index (κ2) is 6.42. The minimum atomic E-state index is 0.0770. The highest BCUT2D eigenvalue weighted by atomic mass is 32.2. The zero-order valence-corrected chi connectivity index (χ0v) is 16.3. The highest BCUT2D eigenvalue weighted by molar-refractivity contribution is 7.99. The van der Waals surface area contributed by atoms with Gasteiger partial charge in [0.1, 0.15) is 0 Å². The number of fused-ring (bicyclic) bond motifs is 4. The molecule has 2 aliphatic rings. The Morgan fingerprint density at radius 2 is 1.74 bits per heavy atom. The van der Waals surface area contributed by atoms with Crippen LogP contribution in [0, 0.1) is 0 Å². The molecule has 0 aromatic heterocycles. The van der Waals surface area contributed by atoms with Crippen LogP contribution < -0.4 is 5.32 Å². The number of hydrogen-bond donors (Lipinski definition) is 1. The number of amides is 1. The first-order valence-corrected chi connectivity index (χ1v) is 10.5. The Morgan fingerprint density at radius 1 is 0.963 bits per heavy atom.